The molecule has 2 aromatic heterocycles. The number of pyridine rings is 1. The van der Waals surface area contributed by atoms with Gasteiger partial charge in [0.15, 0.2) is 0 Å². The maximum Gasteiger partial charge on any atom is 0.222 e. The molecular weight excluding hydrogens is 304 g/mol. The second-order valence-electron chi connectivity index (χ2n) is 6.61. The van der Waals surface area contributed by atoms with Gasteiger partial charge in [0.05, 0.1) is 18.5 Å². The standard InChI is InChI=1S/C18H22N4O2/c23-16(4-3-14-2-1-8-19-12-14)22-9-6-18(7-10-22)17-15(5-11-24-18)13-20-21-17/h1-2,8,12-13H,3-7,9-11H2,(H,20,21). The molecule has 2 aliphatic rings. The first-order chi connectivity index (χ1) is 11.8. The van der Waals surface area contributed by atoms with Gasteiger partial charge in [0.1, 0.15) is 5.60 Å². The minimum atomic E-state index is -0.274. The van der Waals surface area contributed by atoms with Crippen molar-refractivity contribution < 1.29 is 9.53 Å². The molecule has 2 aliphatic heterocycles. The molecule has 0 radical (unpaired) electrons. The summed E-state index contributed by atoms with van der Waals surface area (Å²) in [4.78, 5) is 18.5. The molecule has 126 valence electrons. The lowest BCUT2D eigenvalue weighted by atomic mass is 9.83. The molecule has 1 fully saturated rings. The Bertz CT molecular complexity index is 705. The van der Waals surface area contributed by atoms with Crippen LogP contribution >= 0.6 is 0 Å². The third-order valence-corrected chi connectivity index (χ3v) is 5.20. The highest BCUT2D eigenvalue weighted by Gasteiger charge is 2.42. The van der Waals surface area contributed by atoms with E-state index in [0.717, 1.165) is 56.6 Å². The first-order valence-corrected chi connectivity index (χ1v) is 8.60. The van der Waals surface area contributed by atoms with Crippen LogP contribution in [-0.2, 0) is 28.0 Å². The van der Waals surface area contributed by atoms with Gasteiger partial charge in [0, 0.05) is 31.9 Å². The van der Waals surface area contributed by atoms with Crippen LogP contribution < -0.4 is 0 Å². The molecule has 4 rings (SSSR count). The summed E-state index contributed by atoms with van der Waals surface area (Å²) in [7, 11) is 0. The number of piperidine rings is 1. The lowest BCUT2D eigenvalue weighted by Gasteiger charge is -2.43. The van der Waals surface area contributed by atoms with Crippen LogP contribution in [-0.4, -0.2) is 45.7 Å². The van der Waals surface area contributed by atoms with Gasteiger partial charge in [-0.15, -0.1) is 0 Å². The SMILES string of the molecule is O=C(CCc1cccnc1)N1CCC2(CC1)OCCc1cn[nH]c12. The van der Waals surface area contributed by atoms with E-state index in [1.54, 1.807) is 6.20 Å². The van der Waals surface area contributed by atoms with Crippen molar-refractivity contribution in [2.45, 2.75) is 37.7 Å². The van der Waals surface area contributed by atoms with E-state index in [1.165, 1.54) is 5.56 Å². The number of aryl methyl sites for hydroxylation is 1. The number of aromatic nitrogens is 3. The summed E-state index contributed by atoms with van der Waals surface area (Å²) in [6, 6.07) is 3.92. The summed E-state index contributed by atoms with van der Waals surface area (Å²) in [5.41, 5.74) is 3.22. The van der Waals surface area contributed by atoms with Gasteiger partial charge in [0.2, 0.25) is 5.91 Å². The van der Waals surface area contributed by atoms with E-state index in [1.807, 2.05) is 29.4 Å². The smallest absolute Gasteiger partial charge is 0.222 e. The van der Waals surface area contributed by atoms with Gasteiger partial charge in [-0.1, -0.05) is 6.07 Å². The summed E-state index contributed by atoms with van der Waals surface area (Å²) >= 11 is 0. The van der Waals surface area contributed by atoms with Gasteiger partial charge in [-0.05, 0) is 42.9 Å². The normalized spacial score (nSPS) is 19.2. The second-order valence-corrected chi connectivity index (χ2v) is 6.61. The Morgan fingerprint density at radius 2 is 2.21 bits per heavy atom. The molecule has 6 nitrogen and oxygen atoms in total. The molecule has 0 unspecified atom stereocenters. The fourth-order valence-electron chi connectivity index (χ4n) is 3.79. The van der Waals surface area contributed by atoms with Crippen molar-refractivity contribution in [1.29, 1.82) is 0 Å². The molecule has 0 atom stereocenters. The molecule has 24 heavy (non-hydrogen) atoms. The minimum Gasteiger partial charge on any atom is -0.368 e. The third kappa shape index (κ3) is 2.82. The van der Waals surface area contributed by atoms with Crippen molar-refractivity contribution in [3.05, 3.63) is 47.5 Å². The number of H-pyrrole nitrogens is 1. The van der Waals surface area contributed by atoms with Gasteiger partial charge in [0.25, 0.3) is 0 Å². The molecule has 0 aliphatic carbocycles. The van der Waals surface area contributed by atoms with Crippen molar-refractivity contribution in [2.75, 3.05) is 19.7 Å². The fourth-order valence-corrected chi connectivity index (χ4v) is 3.79. The van der Waals surface area contributed by atoms with Crippen LogP contribution in [0.3, 0.4) is 0 Å². The molecule has 4 heterocycles. The number of nitrogens with zero attached hydrogens (tertiary/aromatic N) is 3. The van der Waals surface area contributed by atoms with E-state index in [4.69, 9.17) is 4.74 Å². The van der Waals surface area contributed by atoms with Crippen LogP contribution in [0, 0.1) is 0 Å². The van der Waals surface area contributed by atoms with Crippen LogP contribution in [0.5, 0.6) is 0 Å². The summed E-state index contributed by atoms with van der Waals surface area (Å²) in [6.45, 7) is 2.22. The number of aromatic amines is 1. The molecule has 6 heteroatoms. The number of likely N-dealkylation sites (tertiary alicyclic amines) is 1. The Morgan fingerprint density at radius 3 is 3.00 bits per heavy atom. The van der Waals surface area contributed by atoms with E-state index < -0.39 is 0 Å². The predicted octanol–water partition coefficient (Wildman–Crippen LogP) is 1.83. The zero-order valence-electron chi connectivity index (χ0n) is 13.7. The third-order valence-electron chi connectivity index (χ3n) is 5.20. The van der Waals surface area contributed by atoms with Gasteiger partial charge >= 0.3 is 0 Å². The van der Waals surface area contributed by atoms with Crippen molar-refractivity contribution in [3.63, 3.8) is 0 Å². The number of amides is 1. The first kappa shape index (κ1) is 15.3. The van der Waals surface area contributed by atoms with Crippen molar-refractivity contribution in [2.24, 2.45) is 0 Å². The second kappa shape index (κ2) is 6.36. The van der Waals surface area contributed by atoms with E-state index >= 15 is 0 Å². The highest BCUT2D eigenvalue weighted by Crippen LogP contribution is 2.40. The average molecular weight is 326 g/mol. The molecule has 1 saturated heterocycles. The van der Waals surface area contributed by atoms with Gasteiger partial charge in [-0.25, -0.2) is 0 Å². The fraction of sp³-hybridized carbons (Fsp3) is 0.500. The monoisotopic (exact) mass is 326 g/mol. The van der Waals surface area contributed by atoms with Crippen LogP contribution in [0.1, 0.15) is 36.1 Å². The Balaban J connectivity index is 1.36. The number of carbonyl (C=O) groups is 1. The van der Waals surface area contributed by atoms with Gasteiger partial charge in [-0.3, -0.25) is 14.9 Å². The van der Waals surface area contributed by atoms with Crippen molar-refractivity contribution in [3.8, 4) is 0 Å². The Morgan fingerprint density at radius 1 is 1.33 bits per heavy atom. The lowest BCUT2D eigenvalue weighted by molar-refractivity contribution is -0.141. The maximum atomic E-state index is 12.5. The maximum absolute atomic E-state index is 12.5. The molecule has 1 N–H and O–H groups in total. The molecule has 1 spiro atoms. The van der Waals surface area contributed by atoms with E-state index in [2.05, 4.69) is 15.2 Å². The number of hydrogen-bond acceptors (Lipinski definition) is 4. The van der Waals surface area contributed by atoms with Crippen LogP contribution in [0.4, 0.5) is 0 Å². The van der Waals surface area contributed by atoms with Crippen LogP contribution in [0.15, 0.2) is 30.7 Å². The number of rotatable bonds is 3. The van der Waals surface area contributed by atoms with E-state index in [-0.39, 0.29) is 11.5 Å². The molecule has 0 aromatic carbocycles. The summed E-state index contributed by atoms with van der Waals surface area (Å²) in [6.07, 6.45) is 9.36. The Kier molecular flexibility index (Phi) is 4.06. The largest absolute Gasteiger partial charge is 0.368 e. The Hall–Kier alpha value is -2.21. The quantitative estimate of drug-likeness (QED) is 0.934. The highest BCUT2D eigenvalue weighted by molar-refractivity contribution is 5.76. The number of carbonyl (C=O) groups excluding carboxylic acids is 1. The van der Waals surface area contributed by atoms with Crippen LogP contribution in [0.2, 0.25) is 0 Å². The number of ether oxygens (including phenoxy) is 1. The van der Waals surface area contributed by atoms with E-state index in [9.17, 15) is 4.79 Å². The number of hydrogen-bond donors (Lipinski definition) is 1. The summed E-state index contributed by atoms with van der Waals surface area (Å²) in [5, 5.41) is 7.30. The van der Waals surface area contributed by atoms with E-state index in [0.29, 0.717) is 6.42 Å². The number of fused-ring (bicyclic) bond motifs is 2. The zero-order valence-corrected chi connectivity index (χ0v) is 13.7. The molecule has 0 bridgehead atoms. The lowest BCUT2D eigenvalue weighted by Crippen LogP contribution is -2.48. The van der Waals surface area contributed by atoms with Crippen molar-refractivity contribution >= 4 is 5.91 Å². The first-order valence-electron chi connectivity index (χ1n) is 8.60. The molecule has 2 aromatic rings. The van der Waals surface area contributed by atoms with Gasteiger partial charge < -0.3 is 9.64 Å². The summed E-state index contributed by atoms with van der Waals surface area (Å²) < 4.78 is 6.13. The zero-order chi connectivity index (χ0) is 16.4. The molecule has 1 amide bonds. The molecule has 0 saturated carbocycles. The number of nitrogens with one attached hydrogen (secondary N) is 1. The predicted molar refractivity (Wildman–Crippen MR) is 88.3 cm³/mol. The van der Waals surface area contributed by atoms with Crippen LogP contribution in [0.25, 0.3) is 0 Å². The van der Waals surface area contributed by atoms with Crippen molar-refractivity contribution in [1.82, 2.24) is 20.1 Å². The Labute approximate surface area is 141 Å². The topological polar surface area (TPSA) is 71.1 Å². The summed E-state index contributed by atoms with van der Waals surface area (Å²) in [5.74, 6) is 0.217. The molecular formula is C18H22N4O2. The highest BCUT2D eigenvalue weighted by atomic mass is 16.5. The minimum absolute atomic E-state index is 0.217. The average Bonchev–Trinajstić information content (AvgIpc) is 3.12. The van der Waals surface area contributed by atoms with Gasteiger partial charge in [-0.2, -0.15) is 5.10 Å².